The molecule has 0 radical (unpaired) electrons. The predicted octanol–water partition coefficient (Wildman–Crippen LogP) is 3.36. The van der Waals surface area contributed by atoms with E-state index in [4.69, 9.17) is 16.1 Å². The van der Waals surface area contributed by atoms with Gasteiger partial charge in [0, 0.05) is 29.6 Å². The van der Waals surface area contributed by atoms with Crippen molar-refractivity contribution in [1.29, 1.82) is 0 Å². The van der Waals surface area contributed by atoms with E-state index in [2.05, 4.69) is 20.8 Å². The van der Waals surface area contributed by atoms with Crippen LogP contribution in [-0.2, 0) is 16.0 Å². The van der Waals surface area contributed by atoms with Crippen LogP contribution in [0.25, 0.3) is 11.4 Å². The number of aromatic nitrogens is 2. The number of hydrogen-bond donors (Lipinski definition) is 2. The third-order valence-electron chi connectivity index (χ3n) is 5.63. The number of hydrogen-bond acceptors (Lipinski definition) is 5. The first-order valence-electron chi connectivity index (χ1n) is 10.2. The van der Waals surface area contributed by atoms with Gasteiger partial charge in [-0.25, -0.2) is 0 Å². The summed E-state index contributed by atoms with van der Waals surface area (Å²) in [6.45, 7) is 0. The molecule has 2 aromatic carbocycles. The zero-order valence-corrected chi connectivity index (χ0v) is 17.8. The molecule has 1 aliphatic carbocycles. The molecule has 1 heterocycles. The molecule has 0 spiro atoms. The summed E-state index contributed by atoms with van der Waals surface area (Å²) < 4.78 is 5.55. The van der Waals surface area contributed by atoms with Crippen LogP contribution < -0.4 is 10.6 Å². The third kappa shape index (κ3) is 4.77. The van der Waals surface area contributed by atoms with Crippen molar-refractivity contribution >= 4 is 23.4 Å². The Morgan fingerprint density at radius 3 is 2.58 bits per heavy atom. The quantitative estimate of drug-likeness (QED) is 0.615. The molecule has 0 bridgehead atoms. The first kappa shape index (κ1) is 21.1. The molecular formula is C23H23ClN4O3. The van der Waals surface area contributed by atoms with Crippen molar-refractivity contribution in [2.24, 2.45) is 5.92 Å². The van der Waals surface area contributed by atoms with E-state index in [1.807, 2.05) is 48.5 Å². The van der Waals surface area contributed by atoms with Gasteiger partial charge in [0.15, 0.2) is 0 Å². The molecule has 3 atom stereocenters. The van der Waals surface area contributed by atoms with Crippen LogP contribution in [0.4, 0.5) is 0 Å². The fourth-order valence-electron chi connectivity index (χ4n) is 4.05. The summed E-state index contributed by atoms with van der Waals surface area (Å²) in [5, 5.41) is 10.4. The molecule has 1 aromatic heterocycles. The van der Waals surface area contributed by atoms with Crippen LogP contribution in [0.15, 0.2) is 59.1 Å². The van der Waals surface area contributed by atoms with Crippen LogP contribution in [0, 0.1) is 5.92 Å². The van der Waals surface area contributed by atoms with Crippen LogP contribution in [-0.4, -0.2) is 35.0 Å². The fraction of sp³-hybridized carbons (Fsp3) is 0.304. The minimum absolute atomic E-state index is 0.0596. The zero-order chi connectivity index (χ0) is 21.8. The van der Waals surface area contributed by atoms with Crippen molar-refractivity contribution in [1.82, 2.24) is 20.8 Å². The van der Waals surface area contributed by atoms with Gasteiger partial charge in [-0.2, -0.15) is 4.98 Å². The highest BCUT2D eigenvalue weighted by Gasteiger charge is 2.42. The Morgan fingerprint density at radius 1 is 1.10 bits per heavy atom. The first-order valence-corrected chi connectivity index (χ1v) is 10.6. The van der Waals surface area contributed by atoms with E-state index in [-0.39, 0.29) is 36.1 Å². The standard InChI is InChI=1S/C23H23ClN4O3/c1-25-22(30)16-11-17(23-27-21(28-31-23)14-7-3-2-4-8-14)19(12-16)26-20(29)13-15-9-5-6-10-18(15)24/h2-10,16-17,19H,11-13H2,1H3,(H,25,30)(H,26,29)/t16-,17-,19+/m1/s1. The van der Waals surface area contributed by atoms with Gasteiger partial charge in [0.2, 0.25) is 23.5 Å². The van der Waals surface area contributed by atoms with Crippen LogP contribution in [0.5, 0.6) is 0 Å². The molecule has 3 aromatic rings. The van der Waals surface area contributed by atoms with E-state index in [0.29, 0.717) is 29.6 Å². The van der Waals surface area contributed by atoms with Crippen molar-refractivity contribution in [2.75, 3.05) is 7.05 Å². The van der Waals surface area contributed by atoms with Crippen molar-refractivity contribution in [3.8, 4) is 11.4 Å². The summed E-state index contributed by atoms with van der Waals surface area (Å²) in [6, 6.07) is 16.5. The summed E-state index contributed by atoms with van der Waals surface area (Å²) in [4.78, 5) is 29.6. The van der Waals surface area contributed by atoms with Gasteiger partial charge in [0.05, 0.1) is 12.3 Å². The Balaban J connectivity index is 1.53. The van der Waals surface area contributed by atoms with Crippen molar-refractivity contribution in [3.05, 3.63) is 71.1 Å². The Morgan fingerprint density at radius 2 is 1.84 bits per heavy atom. The lowest BCUT2D eigenvalue weighted by molar-refractivity contribution is -0.125. The number of amides is 2. The average molecular weight is 439 g/mol. The van der Waals surface area contributed by atoms with Crippen LogP contribution in [0.3, 0.4) is 0 Å². The van der Waals surface area contributed by atoms with Gasteiger partial charge in [-0.15, -0.1) is 0 Å². The molecule has 0 saturated heterocycles. The highest BCUT2D eigenvalue weighted by atomic mass is 35.5. The summed E-state index contributed by atoms with van der Waals surface area (Å²) in [7, 11) is 1.61. The lowest BCUT2D eigenvalue weighted by atomic mass is 10.0. The van der Waals surface area contributed by atoms with Crippen molar-refractivity contribution in [3.63, 3.8) is 0 Å². The molecule has 4 rings (SSSR count). The normalized spacial score (nSPS) is 20.4. The molecule has 1 saturated carbocycles. The molecule has 0 aliphatic heterocycles. The molecule has 31 heavy (non-hydrogen) atoms. The number of carbonyl (C=O) groups is 2. The highest BCUT2D eigenvalue weighted by molar-refractivity contribution is 6.31. The summed E-state index contributed by atoms with van der Waals surface area (Å²) in [5.74, 6) is 0.197. The number of nitrogens with one attached hydrogen (secondary N) is 2. The largest absolute Gasteiger partial charge is 0.359 e. The van der Waals surface area contributed by atoms with Gasteiger partial charge >= 0.3 is 0 Å². The van der Waals surface area contributed by atoms with E-state index >= 15 is 0 Å². The molecule has 2 N–H and O–H groups in total. The first-order chi connectivity index (χ1) is 15.0. The molecule has 0 unspecified atom stereocenters. The van der Waals surface area contributed by atoms with Gasteiger partial charge in [-0.05, 0) is 24.5 Å². The van der Waals surface area contributed by atoms with Gasteiger partial charge in [-0.1, -0.05) is 65.3 Å². The fourth-order valence-corrected chi connectivity index (χ4v) is 4.25. The molecule has 1 fully saturated rings. The van der Waals surface area contributed by atoms with Gasteiger partial charge < -0.3 is 15.2 Å². The Bertz CT molecular complexity index is 1070. The molecule has 7 nitrogen and oxygen atoms in total. The molecular weight excluding hydrogens is 416 g/mol. The maximum absolute atomic E-state index is 12.7. The summed E-state index contributed by atoms with van der Waals surface area (Å²) in [5.41, 5.74) is 1.60. The molecule has 1 aliphatic rings. The predicted molar refractivity (Wildman–Crippen MR) is 116 cm³/mol. The Labute approximate surface area is 185 Å². The van der Waals surface area contributed by atoms with E-state index in [1.54, 1.807) is 13.1 Å². The Kier molecular flexibility index (Phi) is 6.32. The number of nitrogens with zero attached hydrogens (tertiary/aromatic N) is 2. The van der Waals surface area contributed by atoms with Gasteiger partial charge in [0.25, 0.3) is 0 Å². The molecule has 8 heteroatoms. The van der Waals surface area contributed by atoms with Gasteiger partial charge in [-0.3, -0.25) is 9.59 Å². The monoisotopic (exact) mass is 438 g/mol. The van der Waals surface area contributed by atoms with Crippen molar-refractivity contribution in [2.45, 2.75) is 31.2 Å². The highest BCUT2D eigenvalue weighted by Crippen LogP contribution is 2.38. The zero-order valence-electron chi connectivity index (χ0n) is 17.0. The second-order valence-corrected chi connectivity index (χ2v) is 8.06. The van der Waals surface area contributed by atoms with E-state index in [0.717, 1.165) is 11.1 Å². The van der Waals surface area contributed by atoms with E-state index < -0.39 is 0 Å². The number of benzene rings is 2. The van der Waals surface area contributed by atoms with Crippen molar-refractivity contribution < 1.29 is 14.1 Å². The van der Waals surface area contributed by atoms with Crippen LogP contribution in [0.2, 0.25) is 5.02 Å². The van der Waals surface area contributed by atoms with Crippen LogP contribution >= 0.6 is 11.6 Å². The smallest absolute Gasteiger partial charge is 0.232 e. The molecule has 160 valence electrons. The Hall–Kier alpha value is -3.19. The SMILES string of the molecule is CNC(=O)[C@H]1C[C@H](NC(=O)Cc2ccccc2Cl)[C@H](c2nc(-c3ccccc3)no2)C1. The second kappa shape index (κ2) is 9.31. The number of carbonyl (C=O) groups excluding carboxylic acids is 2. The van der Waals surface area contributed by atoms with Crippen LogP contribution in [0.1, 0.15) is 30.2 Å². The second-order valence-electron chi connectivity index (χ2n) is 7.65. The minimum Gasteiger partial charge on any atom is -0.359 e. The summed E-state index contributed by atoms with van der Waals surface area (Å²) in [6.07, 6.45) is 1.18. The minimum atomic E-state index is -0.290. The number of halogens is 1. The lowest BCUT2D eigenvalue weighted by Gasteiger charge is -2.18. The maximum Gasteiger partial charge on any atom is 0.232 e. The van der Waals surface area contributed by atoms with E-state index in [1.165, 1.54) is 0 Å². The maximum atomic E-state index is 12.7. The topological polar surface area (TPSA) is 97.1 Å². The van der Waals surface area contributed by atoms with E-state index in [9.17, 15) is 9.59 Å². The number of rotatable bonds is 6. The molecule has 2 amide bonds. The van der Waals surface area contributed by atoms with Gasteiger partial charge in [0.1, 0.15) is 0 Å². The average Bonchev–Trinajstić information content (AvgIpc) is 3.43. The summed E-state index contributed by atoms with van der Waals surface area (Å²) >= 11 is 6.19. The third-order valence-corrected chi connectivity index (χ3v) is 5.99. The lowest BCUT2D eigenvalue weighted by Crippen LogP contribution is -2.38.